The molecule has 0 saturated carbocycles. The first-order valence-corrected chi connectivity index (χ1v) is 12.8. The minimum absolute atomic E-state index is 0.00123. The van der Waals surface area contributed by atoms with Crippen molar-refractivity contribution in [3.63, 3.8) is 0 Å². The third kappa shape index (κ3) is 6.66. The number of aliphatic hydroxyl groups excluding tert-OH is 8. The van der Waals surface area contributed by atoms with Crippen LogP contribution in [0.3, 0.4) is 0 Å². The van der Waals surface area contributed by atoms with Crippen LogP contribution in [-0.2, 0) is 9.47 Å². The lowest BCUT2D eigenvalue weighted by Crippen LogP contribution is -2.60. The summed E-state index contributed by atoms with van der Waals surface area (Å²) in [4.78, 5) is 13.2. The second kappa shape index (κ2) is 13.3. The summed E-state index contributed by atoms with van der Waals surface area (Å²) in [5.74, 6) is -2.33. The number of hydrogen-bond donors (Lipinski definition) is 10. The number of benzene rings is 2. The molecule has 2 aromatic carbocycles. The first kappa shape index (κ1) is 31.6. The molecular formula is C27H32O15. The fraction of sp³-hybridized carbons (Fsp3) is 0.444. The van der Waals surface area contributed by atoms with E-state index < -0.39 is 97.5 Å². The maximum Gasteiger partial charge on any atom is 0.229 e. The molecule has 0 amide bonds. The second-order valence-electron chi connectivity index (χ2n) is 9.73. The minimum Gasteiger partial charge on any atom is -0.508 e. The normalized spacial score (nSPS) is 33.4. The summed E-state index contributed by atoms with van der Waals surface area (Å²) < 4.78 is 21.8. The topological polar surface area (TPSA) is 256 Å². The zero-order chi connectivity index (χ0) is 30.7. The van der Waals surface area contributed by atoms with Crippen LogP contribution in [0.25, 0.3) is 6.08 Å². The number of carbonyl (C=O) groups is 1. The third-order valence-corrected chi connectivity index (χ3v) is 6.81. The molecule has 15 heteroatoms. The first-order chi connectivity index (χ1) is 19.9. The van der Waals surface area contributed by atoms with E-state index in [2.05, 4.69) is 0 Å². The van der Waals surface area contributed by atoms with Gasteiger partial charge in [0.25, 0.3) is 0 Å². The van der Waals surface area contributed by atoms with Gasteiger partial charge in [-0.1, -0.05) is 18.2 Å². The molecule has 2 fully saturated rings. The van der Waals surface area contributed by atoms with E-state index in [-0.39, 0.29) is 11.5 Å². The molecule has 2 aliphatic heterocycles. The molecule has 2 saturated heterocycles. The van der Waals surface area contributed by atoms with Crippen molar-refractivity contribution in [3.8, 4) is 23.0 Å². The number of aromatic hydroxyl groups is 2. The average Bonchev–Trinajstić information content (AvgIpc) is 2.97. The Morgan fingerprint density at radius 3 is 1.79 bits per heavy atom. The number of rotatable bonds is 9. The molecule has 2 aromatic rings. The van der Waals surface area contributed by atoms with Gasteiger partial charge in [-0.3, -0.25) is 4.79 Å². The van der Waals surface area contributed by atoms with Crippen molar-refractivity contribution in [1.82, 2.24) is 0 Å². The number of carbonyl (C=O) groups excluding carboxylic acids is 1. The van der Waals surface area contributed by atoms with Crippen molar-refractivity contribution in [2.24, 2.45) is 0 Å². The first-order valence-electron chi connectivity index (χ1n) is 12.8. The van der Waals surface area contributed by atoms with Crippen LogP contribution in [-0.4, -0.2) is 131 Å². The van der Waals surface area contributed by atoms with Gasteiger partial charge in [0.1, 0.15) is 77.4 Å². The van der Waals surface area contributed by atoms with Gasteiger partial charge in [-0.25, -0.2) is 0 Å². The summed E-state index contributed by atoms with van der Waals surface area (Å²) in [6.07, 6.45) is -14.3. The summed E-state index contributed by atoms with van der Waals surface area (Å²) in [6.45, 7) is -1.50. The van der Waals surface area contributed by atoms with Crippen LogP contribution >= 0.6 is 0 Å². The number of phenols is 2. The van der Waals surface area contributed by atoms with Crippen LogP contribution in [0.1, 0.15) is 15.9 Å². The predicted molar refractivity (Wildman–Crippen MR) is 138 cm³/mol. The van der Waals surface area contributed by atoms with E-state index in [1.54, 1.807) is 0 Å². The molecule has 2 heterocycles. The van der Waals surface area contributed by atoms with Crippen molar-refractivity contribution < 1.29 is 74.8 Å². The number of hydrogen-bond acceptors (Lipinski definition) is 15. The Bertz CT molecular complexity index is 1250. The smallest absolute Gasteiger partial charge is 0.229 e. The molecule has 10 N–H and O–H groups in total. The molecular weight excluding hydrogens is 564 g/mol. The molecule has 0 aromatic heterocycles. The van der Waals surface area contributed by atoms with Gasteiger partial charge < -0.3 is 70.0 Å². The van der Waals surface area contributed by atoms with Crippen LogP contribution in [0, 0.1) is 0 Å². The zero-order valence-corrected chi connectivity index (χ0v) is 21.8. The van der Waals surface area contributed by atoms with Gasteiger partial charge in [0.2, 0.25) is 12.6 Å². The fourth-order valence-electron chi connectivity index (χ4n) is 4.41. The average molecular weight is 597 g/mol. The van der Waals surface area contributed by atoms with Crippen LogP contribution in [0.5, 0.6) is 23.0 Å². The summed E-state index contributed by atoms with van der Waals surface area (Å²) in [6, 6.07) is 7.79. The molecule has 15 nitrogen and oxygen atoms in total. The van der Waals surface area contributed by atoms with E-state index >= 15 is 0 Å². The van der Waals surface area contributed by atoms with Crippen LogP contribution < -0.4 is 9.47 Å². The van der Waals surface area contributed by atoms with E-state index in [1.165, 1.54) is 30.3 Å². The number of allylic oxidation sites excluding steroid dienone is 1. The quantitative estimate of drug-likeness (QED) is 0.105. The number of phenolic OH excluding ortho intramolecular Hbond substituents is 2. The van der Waals surface area contributed by atoms with E-state index in [0.29, 0.717) is 5.56 Å². The summed E-state index contributed by atoms with van der Waals surface area (Å²) in [5, 5.41) is 100. The van der Waals surface area contributed by atoms with Crippen molar-refractivity contribution in [1.29, 1.82) is 0 Å². The predicted octanol–water partition coefficient (Wildman–Crippen LogP) is -2.65. The number of aliphatic hydroxyl groups is 8. The molecule has 0 bridgehead atoms. The summed E-state index contributed by atoms with van der Waals surface area (Å²) in [7, 11) is 0. The highest BCUT2D eigenvalue weighted by Gasteiger charge is 2.46. The van der Waals surface area contributed by atoms with Crippen LogP contribution in [0.2, 0.25) is 0 Å². The second-order valence-corrected chi connectivity index (χ2v) is 9.73. The van der Waals surface area contributed by atoms with Gasteiger partial charge in [0, 0.05) is 12.1 Å². The van der Waals surface area contributed by atoms with E-state index in [1.807, 2.05) is 0 Å². The number of ketones is 1. The highest BCUT2D eigenvalue weighted by Crippen LogP contribution is 2.37. The third-order valence-electron chi connectivity index (χ3n) is 6.81. The van der Waals surface area contributed by atoms with Crippen molar-refractivity contribution in [3.05, 3.63) is 53.6 Å². The zero-order valence-electron chi connectivity index (χ0n) is 21.8. The highest BCUT2D eigenvalue weighted by atomic mass is 16.7. The fourth-order valence-corrected chi connectivity index (χ4v) is 4.41. The van der Waals surface area contributed by atoms with Gasteiger partial charge in [-0.2, -0.15) is 0 Å². The van der Waals surface area contributed by atoms with E-state index in [0.717, 1.165) is 18.2 Å². The van der Waals surface area contributed by atoms with Gasteiger partial charge in [-0.15, -0.1) is 0 Å². The Labute approximate surface area is 238 Å². The molecule has 10 atom stereocenters. The highest BCUT2D eigenvalue weighted by molar-refractivity contribution is 6.10. The van der Waals surface area contributed by atoms with Gasteiger partial charge >= 0.3 is 0 Å². The molecule has 0 aliphatic carbocycles. The molecule has 0 radical (unpaired) electrons. The monoisotopic (exact) mass is 596 g/mol. The maximum absolute atomic E-state index is 13.2. The Hall–Kier alpha value is -3.35. The maximum atomic E-state index is 13.2. The molecule has 0 unspecified atom stereocenters. The Kier molecular flexibility index (Phi) is 10.0. The van der Waals surface area contributed by atoms with Gasteiger partial charge in [-0.05, 0) is 23.8 Å². The lowest BCUT2D eigenvalue weighted by molar-refractivity contribution is -0.278. The largest absolute Gasteiger partial charge is 0.508 e. The van der Waals surface area contributed by atoms with Gasteiger partial charge in [0.15, 0.2) is 5.78 Å². The summed E-state index contributed by atoms with van der Waals surface area (Å²) in [5.41, 5.74) is 0.0442. The van der Waals surface area contributed by atoms with E-state index in [9.17, 15) is 55.9 Å². The van der Waals surface area contributed by atoms with Crippen molar-refractivity contribution in [2.45, 2.75) is 61.4 Å². The van der Waals surface area contributed by atoms with Crippen molar-refractivity contribution >= 4 is 11.9 Å². The molecule has 0 spiro atoms. The molecule has 230 valence electrons. The standard InChI is InChI=1S/C27H32O15/c28-9-17-20(33)22(35)24(37)26(41-17)39-13-7-15(32)19(14(31)6-3-11-1-4-12(30)5-2-11)16(8-13)40-27-25(38)23(36)21(34)18(10-29)42-27/h1-8,17-18,20-30,32-38H,9-10H2/b6-3-/t17-,18-,20-,21-,22+,23+,24-,25-,26-,27-/m1/s1. The summed E-state index contributed by atoms with van der Waals surface area (Å²) >= 11 is 0. The van der Waals surface area contributed by atoms with Gasteiger partial charge in [0.05, 0.1) is 13.2 Å². The minimum atomic E-state index is -1.88. The molecule has 2 aliphatic rings. The van der Waals surface area contributed by atoms with Crippen LogP contribution in [0.4, 0.5) is 0 Å². The lowest BCUT2D eigenvalue weighted by Gasteiger charge is -2.40. The molecule has 42 heavy (non-hydrogen) atoms. The lowest BCUT2D eigenvalue weighted by atomic mass is 9.99. The Morgan fingerprint density at radius 1 is 0.738 bits per heavy atom. The molecule has 4 rings (SSSR count). The Balaban J connectivity index is 1.68. The van der Waals surface area contributed by atoms with Crippen molar-refractivity contribution in [2.75, 3.05) is 13.2 Å². The number of ether oxygens (including phenoxy) is 4. The van der Waals surface area contributed by atoms with E-state index in [4.69, 9.17) is 18.9 Å². The Morgan fingerprint density at radius 2 is 1.26 bits per heavy atom. The van der Waals surface area contributed by atoms with Crippen LogP contribution in [0.15, 0.2) is 42.5 Å². The SMILES string of the molecule is O=C(/C=C\c1ccc(O)cc1)c1c(O)cc(O[C@@H]2O[C@H](CO)[C@@H](O)[C@H](O)[C@H]2O)cc1O[C@@H]1O[C@H](CO)[C@@H](O)[C@H](O)[C@H]1O.